The molecule has 1 saturated heterocycles. The Labute approximate surface area is 105 Å². The smallest absolute Gasteiger partial charge is 0.0366 e. The van der Waals surface area contributed by atoms with Crippen molar-refractivity contribution < 1.29 is 0 Å². The predicted octanol–water partition coefficient (Wildman–Crippen LogP) is 3.48. The highest BCUT2D eigenvalue weighted by molar-refractivity contribution is 5.48. The summed E-state index contributed by atoms with van der Waals surface area (Å²) in [6.07, 6.45) is 6.43. The van der Waals surface area contributed by atoms with Gasteiger partial charge in [0.15, 0.2) is 0 Å². The molecule has 0 radical (unpaired) electrons. The molecule has 2 rings (SSSR count). The third kappa shape index (κ3) is 3.22. The fourth-order valence-corrected chi connectivity index (χ4v) is 2.50. The van der Waals surface area contributed by atoms with E-state index in [9.17, 15) is 0 Å². The summed E-state index contributed by atoms with van der Waals surface area (Å²) in [6.45, 7) is 4.55. The summed E-state index contributed by atoms with van der Waals surface area (Å²) in [5, 5.41) is 0. The zero-order valence-electron chi connectivity index (χ0n) is 10.9. The summed E-state index contributed by atoms with van der Waals surface area (Å²) >= 11 is 0. The fraction of sp³-hybridized carbons (Fsp3) is 0.600. The van der Waals surface area contributed by atoms with Gasteiger partial charge in [0, 0.05) is 24.8 Å². The van der Waals surface area contributed by atoms with Crippen LogP contribution in [0.5, 0.6) is 0 Å². The summed E-state index contributed by atoms with van der Waals surface area (Å²) in [6, 6.07) is 9.03. The molecule has 0 unspecified atom stereocenters. The first-order chi connectivity index (χ1) is 8.31. The topological polar surface area (TPSA) is 29.3 Å². The second kappa shape index (κ2) is 6.06. The summed E-state index contributed by atoms with van der Waals surface area (Å²) in [5.74, 6) is 0. The van der Waals surface area contributed by atoms with Gasteiger partial charge in [-0.25, -0.2) is 0 Å². The van der Waals surface area contributed by atoms with Gasteiger partial charge in [-0.3, -0.25) is 0 Å². The molecule has 17 heavy (non-hydrogen) atoms. The highest BCUT2D eigenvalue weighted by Crippen LogP contribution is 2.22. The van der Waals surface area contributed by atoms with E-state index in [-0.39, 0.29) is 6.04 Å². The summed E-state index contributed by atoms with van der Waals surface area (Å²) in [4.78, 5) is 2.51. The highest BCUT2D eigenvalue weighted by Gasteiger charge is 2.10. The summed E-state index contributed by atoms with van der Waals surface area (Å²) in [5.41, 5.74) is 8.65. The van der Waals surface area contributed by atoms with E-state index in [1.54, 1.807) is 0 Å². The van der Waals surface area contributed by atoms with E-state index < -0.39 is 0 Å². The van der Waals surface area contributed by atoms with Crippen LogP contribution in [-0.2, 0) is 0 Å². The minimum absolute atomic E-state index is 0.188. The molecule has 0 aliphatic carbocycles. The van der Waals surface area contributed by atoms with Crippen LogP contribution in [0.1, 0.15) is 50.6 Å². The molecule has 1 atom stereocenters. The van der Waals surface area contributed by atoms with Crippen molar-refractivity contribution >= 4 is 5.69 Å². The molecule has 1 fully saturated rings. The minimum atomic E-state index is 0.188. The SMILES string of the molecule is CC[C@H](N)c1ccc(N2CCCCCC2)cc1. The van der Waals surface area contributed by atoms with E-state index in [1.165, 1.54) is 50.0 Å². The Hall–Kier alpha value is -1.02. The molecule has 0 aromatic heterocycles. The number of hydrogen-bond donors (Lipinski definition) is 1. The molecule has 1 aliphatic rings. The first kappa shape index (κ1) is 12.4. The van der Waals surface area contributed by atoms with Gasteiger partial charge in [0.1, 0.15) is 0 Å². The highest BCUT2D eigenvalue weighted by atomic mass is 15.1. The molecule has 2 nitrogen and oxygen atoms in total. The van der Waals surface area contributed by atoms with E-state index in [4.69, 9.17) is 5.73 Å². The molecule has 94 valence electrons. The quantitative estimate of drug-likeness (QED) is 0.864. The average Bonchev–Trinajstić information content (AvgIpc) is 2.67. The van der Waals surface area contributed by atoms with Crippen molar-refractivity contribution in [3.05, 3.63) is 29.8 Å². The molecular weight excluding hydrogens is 208 g/mol. The second-order valence-electron chi connectivity index (χ2n) is 5.01. The van der Waals surface area contributed by atoms with Gasteiger partial charge in [-0.1, -0.05) is 31.9 Å². The van der Waals surface area contributed by atoms with Crippen molar-refractivity contribution in [3.63, 3.8) is 0 Å². The van der Waals surface area contributed by atoms with Crippen LogP contribution in [0.4, 0.5) is 5.69 Å². The third-order valence-electron chi connectivity index (χ3n) is 3.73. The van der Waals surface area contributed by atoms with E-state index >= 15 is 0 Å². The molecule has 1 aromatic carbocycles. The van der Waals surface area contributed by atoms with Gasteiger partial charge < -0.3 is 10.6 Å². The first-order valence-corrected chi connectivity index (χ1v) is 6.91. The van der Waals surface area contributed by atoms with Crippen LogP contribution < -0.4 is 10.6 Å². The van der Waals surface area contributed by atoms with Crippen molar-refractivity contribution in [2.45, 2.75) is 45.1 Å². The van der Waals surface area contributed by atoms with Gasteiger partial charge in [-0.2, -0.15) is 0 Å². The normalized spacial score (nSPS) is 18.8. The summed E-state index contributed by atoms with van der Waals surface area (Å²) in [7, 11) is 0. The largest absolute Gasteiger partial charge is 0.372 e. The number of benzene rings is 1. The third-order valence-corrected chi connectivity index (χ3v) is 3.73. The van der Waals surface area contributed by atoms with Crippen LogP contribution in [-0.4, -0.2) is 13.1 Å². The summed E-state index contributed by atoms with van der Waals surface area (Å²) < 4.78 is 0. The lowest BCUT2D eigenvalue weighted by molar-refractivity contribution is 0.698. The van der Waals surface area contributed by atoms with Crippen molar-refractivity contribution in [2.75, 3.05) is 18.0 Å². The molecular formula is C15H24N2. The molecule has 1 aromatic rings. The molecule has 2 N–H and O–H groups in total. The molecule has 1 aliphatic heterocycles. The Bertz CT molecular complexity index is 323. The van der Waals surface area contributed by atoms with E-state index in [0.717, 1.165) is 6.42 Å². The molecule has 1 heterocycles. The van der Waals surface area contributed by atoms with Crippen LogP contribution in [0.3, 0.4) is 0 Å². The van der Waals surface area contributed by atoms with Crippen LogP contribution in [0.2, 0.25) is 0 Å². The lowest BCUT2D eigenvalue weighted by Gasteiger charge is -2.23. The number of nitrogens with two attached hydrogens (primary N) is 1. The predicted molar refractivity (Wildman–Crippen MR) is 74.3 cm³/mol. The van der Waals surface area contributed by atoms with Crippen LogP contribution in [0.15, 0.2) is 24.3 Å². The van der Waals surface area contributed by atoms with Crippen molar-refractivity contribution in [2.24, 2.45) is 5.73 Å². The second-order valence-corrected chi connectivity index (χ2v) is 5.01. The monoisotopic (exact) mass is 232 g/mol. The average molecular weight is 232 g/mol. The Balaban J connectivity index is 2.05. The number of rotatable bonds is 3. The molecule has 0 amide bonds. The fourth-order valence-electron chi connectivity index (χ4n) is 2.50. The van der Waals surface area contributed by atoms with Crippen LogP contribution in [0, 0.1) is 0 Å². The lowest BCUT2D eigenvalue weighted by atomic mass is 10.1. The van der Waals surface area contributed by atoms with Crippen molar-refractivity contribution in [1.29, 1.82) is 0 Å². The zero-order valence-corrected chi connectivity index (χ0v) is 10.9. The molecule has 0 saturated carbocycles. The standard InChI is InChI=1S/C15H24N2/c1-2-15(16)13-7-9-14(10-8-13)17-11-5-3-4-6-12-17/h7-10,15H,2-6,11-12,16H2,1H3/t15-/m0/s1. The van der Waals surface area contributed by atoms with E-state index in [1.807, 2.05) is 0 Å². The van der Waals surface area contributed by atoms with Crippen LogP contribution in [0.25, 0.3) is 0 Å². The number of nitrogens with zero attached hydrogens (tertiary/aromatic N) is 1. The van der Waals surface area contributed by atoms with Gasteiger partial charge >= 0.3 is 0 Å². The Morgan fingerprint density at radius 2 is 1.65 bits per heavy atom. The van der Waals surface area contributed by atoms with Crippen molar-refractivity contribution in [1.82, 2.24) is 0 Å². The van der Waals surface area contributed by atoms with Gasteiger partial charge in [0.25, 0.3) is 0 Å². The van der Waals surface area contributed by atoms with Gasteiger partial charge in [-0.05, 0) is 37.0 Å². The molecule has 0 bridgehead atoms. The molecule has 0 spiro atoms. The maximum Gasteiger partial charge on any atom is 0.0366 e. The first-order valence-electron chi connectivity index (χ1n) is 6.91. The van der Waals surface area contributed by atoms with Gasteiger partial charge in [0.05, 0.1) is 0 Å². The minimum Gasteiger partial charge on any atom is -0.372 e. The zero-order chi connectivity index (χ0) is 12.1. The maximum atomic E-state index is 6.03. The van der Waals surface area contributed by atoms with E-state index in [2.05, 4.69) is 36.1 Å². The number of hydrogen-bond acceptors (Lipinski definition) is 2. The van der Waals surface area contributed by atoms with Gasteiger partial charge in [-0.15, -0.1) is 0 Å². The number of anilines is 1. The maximum absolute atomic E-state index is 6.03. The molecule has 2 heteroatoms. The van der Waals surface area contributed by atoms with Crippen LogP contribution >= 0.6 is 0 Å². The Kier molecular flexibility index (Phi) is 4.43. The lowest BCUT2D eigenvalue weighted by Crippen LogP contribution is -2.23. The van der Waals surface area contributed by atoms with E-state index in [0.29, 0.717) is 0 Å². The van der Waals surface area contributed by atoms with Crippen molar-refractivity contribution in [3.8, 4) is 0 Å². The Morgan fingerprint density at radius 3 is 2.18 bits per heavy atom. The Morgan fingerprint density at radius 1 is 1.06 bits per heavy atom. The van der Waals surface area contributed by atoms with Gasteiger partial charge in [0.2, 0.25) is 0 Å².